The molecule has 4 nitrogen and oxygen atoms in total. The number of hydrazine groups is 1. The molecule has 0 atom stereocenters. The van der Waals surface area contributed by atoms with E-state index in [1.807, 2.05) is 84.7 Å². The number of rotatable bonds is 6. The number of aryl methyl sites for hydroxylation is 1. The zero-order valence-electron chi connectivity index (χ0n) is 14.1. The van der Waals surface area contributed by atoms with Gasteiger partial charge in [0.05, 0.1) is 12.2 Å². The van der Waals surface area contributed by atoms with Crippen LogP contribution < -0.4 is 10.4 Å². The molecule has 0 aliphatic carbocycles. The third-order valence-corrected chi connectivity index (χ3v) is 3.66. The van der Waals surface area contributed by atoms with Crippen LogP contribution in [-0.2, 0) is 11.3 Å². The first-order valence-corrected chi connectivity index (χ1v) is 8.12. The fourth-order valence-corrected chi connectivity index (χ4v) is 2.44. The number of hydrogen-bond acceptors (Lipinski definition) is 3. The average molecular weight is 332 g/mol. The molecule has 0 saturated carbocycles. The maximum Gasteiger partial charge on any atom is 0.262 e. The number of benzene rings is 2. The summed E-state index contributed by atoms with van der Waals surface area (Å²) >= 11 is 0. The van der Waals surface area contributed by atoms with Crippen molar-refractivity contribution < 1.29 is 9.21 Å². The second-order valence-electron chi connectivity index (χ2n) is 5.67. The van der Waals surface area contributed by atoms with Crippen molar-refractivity contribution in [3.05, 3.63) is 96.0 Å². The Bertz CT molecular complexity index is 839. The van der Waals surface area contributed by atoms with E-state index in [1.54, 1.807) is 6.08 Å². The van der Waals surface area contributed by atoms with Crippen LogP contribution in [0.2, 0.25) is 0 Å². The summed E-state index contributed by atoms with van der Waals surface area (Å²) in [5.41, 5.74) is 4.95. The molecule has 0 spiro atoms. The van der Waals surface area contributed by atoms with Gasteiger partial charge >= 0.3 is 0 Å². The average Bonchev–Trinajstić information content (AvgIpc) is 3.06. The molecule has 0 radical (unpaired) electrons. The van der Waals surface area contributed by atoms with E-state index in [4.69, 9.17) is 4.42 Å². The third-order valence-electron chi connectivity index (χ3n) is 3.66. The first-order chi connectivity index (χ1) is 12.2. The largest absolute Gasteiger partial charge is 0.462 e. The Morgan fingerprint density at radius 2 is 1.68 bits per heavy atom. The standard InChI is InChI=1S/C21H20N2O2/c1-17-12-13-20(25-17)14-15-21(24)22-23(19-10-6-3-7-11-19)16-18-8-4-2-5-9-18/h2-15H,16H2,1H3,(H,22,24). The van der Waals surface area contributed by atoms with Crippen LogP contribution in [0, 0.1) is 6.92 Å². The Labute approximate surface area is 147 Å². The molecule has 0 bridgehead atoms. The summed E-state index contributed by atoms with van der Waals surface area (Å²) in [6.45, 7) is 2.44. The number of nitrogens with zero attached hydrogens (tertiary/aromatic N) is 1. The maximum absolute atomic E-state index is 12.3. The second-order valence-corrected chi connectivity index (χ2v) is 5.67. The molecule has 126 valence electrons. The van der Waals surface area contributed by atoms with E-state index in [0.717, 1.165) is 17.0 Å². The monoisotopic (exact) mass is 332 g/mol. The number of nitrogens with one attached hydrogen (secondary N) is 1. The molecule has 1 aromatic heterocycles. The highest BCUT2D eigenvalue weighted by molar-refractivity contribution is 5.92. The van der Waals surface area contributed by atoms with Crippen LogP contribution in [0.25, 0.3) is 6.08 Å². The van der Waals surface area contributed by atoms with Gasteiger partial charge in [0.2, 0.25) is 0 Å². The second kappa shape index (κ2) is 8.02. The lowest BCUT2D eigenvalue weighted by molar-refractivity contribution is -0.116. The van der Waals surface area contributed by atoms with E-state index in [-0.39, 0.29) is 5.91 Å². The number of para-hydroxylation sites is 1. The summed E-state index contributed by atoms with van der Waals surface area (Å²) in [5, 5.41) is 1.83. The molecule has 0 unspecified atom stereocenters. The van der Waals surface area contributed by atoms with Crippen molar-refractivity contribution in [1.29, 1.82) is 0 Å². The summed E-state index contributed by atoms with van der Waals surface area (Å²) in [5.74, 6) is 1.26. The van der Waals surface area contributed by atoms with Crippen LogP contribution in [0.1, 0.15) is 17.1 Å². The van der Waals surface area contributed by atoms with Gasteiger partial charge in [-0.25, -0.2) is 0 Å². The third kappa shape index (κ3) is 4.85. The van der Waals surface area contributed by atoms with Crippen LogP contribution >= 0.6 is 0 Å². The van der Waals surface area contributed by atoms with Gasteiger partial charge in [0, 0.05) is 6.08 Å². The highest BCUT2D eigenvalue weighted by Crippen LogP contribution is 2.15. The molecule has 0 aliphatic rings. The van der Waals surface area contributed by atoms with E-state index < -0.39 is 0 Å². The van der Waals surface area contributed by atoms with Crippen molar-refractivity contribution in [2.45, 2.75) is 13.5 Å². The molecule has 0 saturated heterocycles. The normalized spacial score (nSPS) is 10.8. The van der Waals surface area contributed by atoms with Crippen molar-refractivity contribution in [3.63, 3.8) is 0 Å². The minimum atomic E-state index is -0.214. The van der Waals surface area contributed by atoms with Crippen molar-refractivity contribution in [2.24, 2.45) is 0 Å². The molecule has 1 heterocycles. The molecule has 2 aromatic carbocycles. The molecular formula is C21H20N2O2. The van der Waals surface area contributed by atoms with Gasteiger partial charge in [0.15, 0.2) is 0 Å². The van der Waals surface area contributed by atoms with E-state index in [2.05, 4.69) is 5.43 Å². The van der Waals surface area contributed by atoms with Crippen LogP contribution in [0.3, 0.4) is 0 Å². The lowest BCUT2D eigenvalue weighted by atomic mass is 10.2. The molecule has 0 fully saturated rings. The van der Waals surface area contributed by atoms with Gasteiger partial charge in [-0.1, -0.05) is 48.5 Å². The zero-order chi connectivity index (χ0) is 17.5. The molecular weight excluding hydrogens is 312 g/mol. The predicted molar refractivity (Wildman–Crippen MR) is 99.7 cm³/mol. The lowest BCUT2D eigenvalue weighted by Gasteiger charge is -2.25. The quantitative estimate of drug-likeness (QED) is 0.539. The SMILES string of the molecule is Cc1ccc(C=CC(=O)NN(Cc2ccccc2)c2ccccc2)o1. The number of hydrogen-bond donors (Lipinski definition) is 1. The van der Waals surface area contributed by atoms with E-state index in [9.17, 15) is 4.79 Å². The minimum absolute atomic E-state index is 0.214. The Hall–Kier alpha value is -3.27. The fraction of sp³-hybridized carbons (Fsp3) is 0.0952. The zero-order valence-corrected chi connectivity index (χ0v) is 14.1. The van der Waals surface area contributed by atoms with Gasteiger partial charge in [-0.15, -0.1) is 0 Å². The number of carbonyl (C=O) groups excluding carboxylic acids is 1. The highest BCUT2D eigenvalue weighted by Gasteiger charge is 2.09. The van der Waals surface area contributed by atoms with Gasteiger partial charge in [-0.05, 0) is 42.8 Å². The van der Waals surface area contributed by atoms with Crippen LogP contribution in [0.5, 0.6) is 0 Å². The number of anilines is 1. The molecule has 1 N–H and O–H groups in total. The summed E-state index contributed by atoms with van der Waals surface area (Å²) < 4.78 is 5.44. The topological polar surface area (TPSA) is 45.5 Å². The molecule has 4 heteroatoms. The van der Waals surface area contributed by atoms with E-state index >= 15 is 0 Å². The first-order valence-electron chi connectivity index (χ1n) is 8.12. The van der Waals surface area contributed by atoms with Crippen LogP contribution in [-0.4, -0.2) is 5.91 Å². The highest BCUT2D eigenvalue weighted by atomic mass is 16.3. The predicted octanol–water partition coefficient (Wildman–Crippen LogP) is 4.34. The van der Waals surface area contributed by atoms with Crippen molar-refractivity contribution in [2.75, 3.05) is 5.01 Å². The minimum Gasteiger partial charge on any atom is -0.462 e. The van der Waals surface area contributed by atoms with E-state index in [1.165, 1.54) is 6.08 Å². The van der Waals surface area contributed by atoms with Gasteiger partial charge in [0.1, 0.15) is 11.5 Å². The summed E-state index contributed by atoms with van der Waals surface area (Å²) in [6, 6.07) is 23.5. The Morgan fingerprint density at radius 3 is 2.32 bits per heavy atom. The number of amides is 1. The smallest absolute Gasteiger partial charge is 0.262 e. The summed E-state index contributed by atoms with van der Waals surface area (Å²) in [7, 11) is 0. The van der Waals surface area contributed by atoms with Gasteiger partial charge in [0.25, 0.3) is 5.91 Å². The molecule has 3 aromatic rings. The van der Waals surface area contributed by atoms with Gasteiger partial charge < -0.3 is 4.42 Å². The molecule has 3 rings (SSSR count). The van der Waals surface area contributed by atoms with Gasteiger partial charge in [-0.2, -0.15) is 0 Å². The van der Waals surface area contributed by atoms with Crippen molar-refractivity contribution in [3.8, 4) is 0 Å². The van der Waals surface area contributed by atoms with E-state index in [0.29, 0.717) is 12.3 Å². The van der Waals surface area contributed by atoms with Crippen LogP contribution in [0.4, 0.5) is 5.69 Å². The summed E-state index contributed by atoms with van der Waals surface area (Å²) in [4.78, 5) is 12.3. The Morgan fingerprint density at radius 1 is 1.00 bits per heavy atom. The fourth-order valence-electron chi connectivity index (χ4n) is 2.44. The van der Waals surface area contributed by atoms with Crippen molar-refractivity contribution >= 4 is 17.7 Å². The van der Waals surface area contributed by atoms with Crippen LogP contribution in [0.15, 0.2) is 83.3 Å². The summed E-state index contributed by atoms with van der Waals surface area (Å²) in [6.07, 6.45) is 3.13. The van der Waals surface area contributed by atoms with Gasteiger partial charge in [-0.3, -0.25) is 15.2 Å². The number of furan rings is 1. The lowest BCUT2D eigenvalue weighted by Crippen LogP contribution is -2.41. The Balaban J connectivity index is 1.73. The number of carbonyl (C=O) groups is 1. The molecule has 0 aliphatic heterocycles. The maximum atomic E-state index is 12.3. The van der Waals surface area contributed by atoms with Crippen molar-refractivity contribution in [1.82, 2.24) is 5.43 Å². The first kappa shape index (κ1) is 16.6. The molecule has 25 heavy (non-hydrogen) atoms. The molecule has 1 amide bonds. The Kier molecular flexibility index (Phi) is 5.32.